The highest BCUT2D eigenvalue weighted by Gasteiger charge is 2.23. The van der Waals surface area contributed by atoms with Crippen LogP contribution in [0.1, 0.15) is 30.1 Å². The second kappa shape index (κ2) is 7.45. The van der Waals surface area contributed by atoms with Crippen LogP contribution in [-0.4, -0.2) is 41.5 Å². The molecule has 0 spiro atoms. The summed E-state index contributed by atoms with van der Waals surface area (Å²) in [7, 11) is 0. The maximum Gasteiger partial charge on any atom is 0.251 e. The smallest absolute Gasteiger partial charge is 0.251 e. The zero-order chi connectivity index (χ0) is 16.9. The van der Waals surface area contributed by atoms with Gasteiger partial charge in [-0.3, -0.25) is 14.7 Å². The molecule has 0 radical (unpaired) electrons. The maximum absolute atomic E-state index is 12.3. The van der Waals surface area contributed by atoms with Crippen molar-refractivity contribution in [3.8, 4) is 11.1 Å². The molecule has 2 aromatic rings. The molecule has 1 unspecified atom stereocenters. The summed E-state index contributed by atoms with van der Waals surface area (Å²) in [6.07, 6.45) is 5.77. The number of benzene rings is 1. The summed E-state index contributed by atoms with van der Waals surface area (Å²) in [6, 6.07) is 9.90. The van der Waals surface area contributed by atoms with Crippen molar-refractivity contribution in [2.45, 2.75) is 25.8 Å². The van der Waals surface area contributed by atoms with E-state index in [4.69, 9.17) is 5.73 Å². The molecule has 2 heterocycles. The number of pyridine rings is 1. The topological polar surface area (TPSA) is 71.2 Å². The largest absolute Gasteiger partial charge is 0.397 e. The van der Waals surface area contributed by atoms with Gasteiger partial charge in [0.05, 0.1) is 5.69 Å². The molecule has 24 heavy (non-hydrogen) atoms. The van der Waals surface area contributed by atoms with Gasteiger partial charge in [-0.25, -0.2) is 0 Å². The lowest BCUT2D eigenvalue weighted by Gasteiger charge is -2.22. The van der Waals surface area contributed by atoms with Gasteiger partial charge in [0, 0.05) is 36.1 Å². The first kappa shape index (κ1) is 16.5. The predicted molar refractivity (Wildman–Crippen MR) is 96.7 cm³/mol. The number of amides is 1. The number of nitrogens with two attached hydrogens (primary N) is 1. The minimum atomic E-state index is -0.0183. The normalized spacial score (nSPS) is 17.8. The summed E-state index contributed by atoms with van der Waals surface area (Å²) in [6.45, 7) is 5.07. The molecule has 1 atom stereocenters. The van der Waals surface area contributed by atoms with Gasteiger partial charge in [-0.05, 0) is 49.7 Å². The number of likely N-dealkylation sites (N-methyl/N-ethyl adjacent to an activating group) is 1. The van der Waals surface area contributed by atoms with E-state index in [1.54, 1.807) is 12.4 Å². The zero-order valence-corrected chi connectivity index (χ0v) is 14.0. The maximum atomic E-state index is 12.3. The highest BCUT2D eigenvalue weighted by molar-refractivity contribution is 5.94. The van der Waals surface area contributed by atoms with Gasteiger partial charge in [0.2, 0.25) is 0 Å². The number of hydrogen-bond donors (Lipinski definition) is 2. The molecule has 3 rings (SSSR count). The number of carbonyl (C=O) groups excluding carboxylic acids is 1. The van der Waals surface area contributed by atoms with E-state index < -0.39 is 0 Å². The van der Waals surface area contributed by atoms with E-state index in [1.165, 1.54) is 6.42 Å². The molecular formula is C19H24N4O. The summed E-state index contributed by atoms with van der Waals surface area (Å²) in [5.74, 6) is -0.0183. The Kier molecular flexibility index (Phi) is 5.11. The molecule has 3 N–H and O–H groups in total. The van der Waals surface area contributed by atoms with E-state index >= 15 is 0 Å². The molecule has 1 saturated heterocycles. The number of anilines is 1. The van der Waals surface area contributed by atoms with E-state index in [9.17, 15) is 4.79 Å². The van der Waals surface area contributed by atoms with Gasteiger partial charge in [-0.15, -0.1) is 0 Å². The van der Waals surface area contributed by atoms with Gasteiger partial charge in [0.1, 0.15) is 0 Å². The number of nitrogen functional groups attached to an aromatic ring is 1. The van der Waals surface area contributed by atoms with Crippen LogP contribution in [0.4, 0.5) is 5.69 Å². The van der Waals surface area contributed by atoms with E-state index in [-0.39, 0.29) is 5.91 Å². The first-order valence-electron chi connectivity index (χ1n) is 8.50. The van der Waals surface area contributed by atoms with Crippen LogP contribution in [0.25, 0.3) is 11.1 Å². The van der Waals surface area contributed by atoms with E-state index in [2.05, 4.69) is 22.1 Å². The average molecular weight is 324 g/mol. The minimum absolute atomic E-state index is 0.0183. The third-order valence-corrected chi connectivity index (χ3v) is 4.64. The lowest BCUT2D eigenvalue weighted by Crippen LogP contribution is -2.40. The predicted octanol–water partition coefficient (Wildman–Crippen LogP) is 2.54. The van der Waals surface area contributed by atoms with Crippen LogP contribution in [-0.2, 0) is 0 Å². The molecule has 1 aromatic carbocycles. The third kappa shape index (κ3) is 3.74. The average Bonchev–Trinajstić information content (AvgIpc) is 3.07. The number of carbonyl (C=O) groups is 1. The van der Waals surface area contributed by atoms with Gasteiger partial charge < -0.3 is 11.1 Å². The van der Waals surface area contributed by atoms with Gasteiger partial charge in [-0.2, -0.15) is 0 Å². The van der Waals surface area contributed by atoms with Crippen molar-refractivity contribution in [1.29, 1.82) is 0 Å². The highest BCUT2D eigenvalue weighted by Crippen LogP contribution is 2.21. The number of rotatable bonds is 5. The van der Waals surface area contributed by atoms with Crippen molar-refractivity contribution in [2.75, 3.05) is 25.4 Å². The lowest BCUT2D eigenvalue weighted by molar-refractivity contribution is 0.0941. The van der Waals surface area contributed by atoms with Crippen LogP contribution in [0.3, 0.4) is 0 Å². The van der Waals surface area contributed by atoms with Crippen LogP contribution in [0, 0.1) is 0 Å². The zero-order valence-electron chi connectivity index (χ0n) is 14.0. The third-order valence-electron chi connectivity index (χ3n) is 4.64. The molecule has 1 fully saturated rings. The van der Waals surface area contributed by atoms with Gasteiger partial charge in [-0.1, -0.05) is 19.1 Å². The summed E-state index contributed by atoms with van der Waals surface area (Å²) < 4.78 is 0. The number of nitrogens with zero attached hydrogens (tertiary/aromatic N) is 2. The first-order chi connectivity index (χ1) is 11.7. The SMILES string of the molecule is CCN1CCCC1CNC(=O)c1ccc(-c2cncc(N)c2)cc1. The van der Waals surface area contributed by atoms with Crippen LogP contribution < -0.4 is 11.1 Å². The van der Waals surface area contributed by atoms with Crippen LogP contribution in [0.5, 0.6) is 0 Å². The Hall–Kier alpha value is -2.40. The molecule has 1 aliphatic heterocycles. The van der Waals surface area contributed by atoms with Crippen molar-refractivity contribution in [2.24, 2.45) is 0 Å². The standard InChI is InChI=1S/C19H24N4O/c1-2-23-9-3-4-18(23)13-22-19(24)15-7-5-14(6-8-15)16-10-17(20)12-21-11-16/h5-8,10-12,18H,2-4,9,13,20H2,1H3,(H,22,24). The Morgan fingerprint density at radius 1 is 1.29 bits per heavy atom. The highest BCUT2D eigenvalue weighted by atomic mass is 16.1. The summed E-state index contributed by atoms with van der Waals surface area (Å²) in [5, 5.41) is 3.06. The molecule has 0 bridgehead atoms. The summed E-state index contributed by atoms with van der Waals surface area (Å²) in [4.78, 5) is 18.9. The molecule has 1 aromatic heterocycles. The molecule has 1 amide bonds. The first-order valence-corrected chi connectivity index (χ1v) is 8.50. The van der Waals surface area contributed by atoms with E-state index in [0.717, 1.165) is 30.6 Å². The van der Waals surface area contributed by atoms with Crippen molar-refractivity contribution < 1.29 is 4.79 Å². The fourth-order valence-corrected chi connectivity index (χ4v) is 3.28. The Morgan fingerprint density at radius 3 is 2.79 bits per heavy atom. The Balaban J connectivity index is 1.62. The van der Waals surface area contributed by atoms with Crippen molar-refractivity contribution in [3.05, 3.63) is 48.3 Å². The minimum Gasteiger partial charge on any atom is -0.397 e. The van der Waals surface area contributed by atoms with Crippen molar-refractivity contribution >= 4 is 11.6 Å². The fourth-order valence-electron chi connectivity index (χ4n) is 3.28. The molecule has 1 aliphatic rings. The fraction of sp³-hybridized carbons (Fsp3) is 0.368. The molecular weight excluding hydrogens is 300 g/mol. The monoisotopic (exact) mass is 324 g/mol. The van der Waals surface area contributed by atoms with Crippen molar-refractivity contribution in [1.82, 2.24) is 15.2 Å². The van der Waals surface area contributed by atoms with E-state index in [1.807, 2.05) is 30.3 Å². The molecule has 5 nitrogen and oxygen atoms in total. The number of hydrogen-bond acceptors (Lipinski definition) is 4. The van der Waals surface area contributed by atoms with E-state index in [0.29, 0.717) is 23.8 Å². The van der Waals surface area contributed by atoms with Crippen LogP contribution in [0.15, 0.2) is 42.7 Å². The van der Waals surface area contributed by atoms with Gasteiger partial charge in [0.25, 0.3) is 5.91 Å². The summed E-state index contributed by atoms with van der Waals surface area (Å²) >= 11 is 0. The van der Waals surface area contributed by atoms with Crippen molar-refractivity contribution in [3.63, 3.8) is 0 Å². The van der Waals surface area contributed by atoms with Crippen LogP contribution in [0.2, 0.25) is 0 Å². The number of aromatic nitrogens is 1. The Labute approximate surface area is 142 Å². The molecule has 0 aliphatic carbocycles. The van der Waals surface area contributed by atoms with Gasteiger partial charge >= 0.3 is 0 Å². The van der Waals surface area contributed by atoms with Gasteiger partial charge in [0.15, 0.2) is 0 Å². The second-order valence-electron chi connectivity index (χ2n) is 6.22. The lowest BCUT2D eigenvalue weighted by atomic mass is 10.0. The van der Waals surface area contributed by atoms with Crippen LogP contribution >= 0.6 is 0 Å². The summed E-state index contributed by atoms with van der Waals surface area (Å²) in [5.41, 5.74) is 9.02. The number of nitrogens with one attached hydrogen (secondary N) is 1. The quantitative estimate of drug-likeness (QED) is 0.886. The Bertz CT molecular complexity index is 699. The molecule has 126 valence electrons. The molecule has 0 saturated carbocycles. The molecule has 5 heteroatoms. The number of likely N-dealkylation sites (tertiary alicyclic amines) is 1. The Morgan fingerprint density at radius 2 is 2.08 bits per heavy atom. The second-order valence-corrected chi connectivity index (χ2v) is 6.22.